The van der Waals surface area contributed by atoms with E-state index < -0.39 is 5.69 Å². The molecule has 0 bridgehead atoms. The third-order valence-electron chi connectivity index (χ3n) is 2.00. The number of aromatic nitrogens is 2. The fourth-order valence-corrected chi connectivity index (χ4v) is 1.22. The molecule has 4 N–H and O–H groups in total. The fourth-order valence-electron chi connectivity index (χ4n) is 1.22. The molecule has 0 saturated heterocycles. The third-order valence-corrected chi connectivity index (χ3v) is 2.00. The molecule has 0 fully saturated rings. The van der Waals surface area contributed by atoms with Gasteiger partial charge in [0.2, 0.25) is 0 Å². The van der Waals surface area contributed by atoms with Crippen LogP contribution >= 0.6 is 0 Å². The molecular formula is C8H13N3O2. The summed E-state index contributed by atoms with van der Waals surface area (Å²) in [6, 6.07) is 1.38. The minimum Gasteiger partial charge on any atom is -0.330 e. The summed E-state index contributed by atoms with van der Waals surface area (Å²) in [5.41, 5.74) is 5.23. The smallest absolute Gasteiger partial charge is 0.325 e. The fraction of sp³-hybridized carbons (Fsp3) is 0.500. The first-order valence-corrected chi connectivity index (χ1v) is 4.21. The van der Waals surface area contributed by atoms with Crippen molar-refractivity contribution in [2.75, 3.05) is 6.54 Å². The van der Waals surface area contributed by atoms with E-state index in [1.165, 1.54) is 6.07 Å². The molecule has 0 spiro atoms. The molecular weight excluding hydrogens is 170 g/mol. The lowest BCUT2D eigenvalue weighted by molar-refractivity contribution is 0.646. The maximum absolute atomic E-state index is 10.9. The van der Waals surface area contributed by atoms with Crippen LogP contribution in [-0.2, 0) is 0 Å². The highest BCUT2D eigenvalue weighted by atomic mass is 16.2. The first kappa shape index (κ1) is 9.73. The van der Waals surface area contributed by atoms with E-state index in [0.29, 0.717) is 12.2 Å². The maximum atomic E-state index is 10.9. The highest BCUT2D eigenvalue weighted by Gasteiger charge is 2.08. The summed E-state index contributed by atoms with van der Waals surface area (Å²) >= 11 is 0. The lowest BCUT2D eigenvalue weighted by Crippen LogP contribution is -2.26. The summed E-state index contributed by atoms with van der Waals surface area (Å²) in [6.45, 7) is 2.38. The quantitative estimate of drug-likeness (QED) is 0.590. The Labute approximate surface area is 75.0 Å². The molecule has 0 amide bonds. The number of rotatable bonds is 3. The van der Waals surface area contributed by atoms with Crippen molar-refractivity contribution in [1.82, 2.24) is 9.97 Å². The largest absolute Gasteiger partial charge is 0.330 e. The number of hydrogen-bond donors (Lipinski definition) is 3. The molecule has 0 aromatic carbocycles. The van der Waals surface area contributed by atoms with Gasteiger partial charge in [0, 0.05) is 24.2 Å². The van der Waals surface area contributed by atoms with Crippen LogP contribution in [0.2, 0.25) is 0 Å². The van der Waals surface area contributed by atoms with Gasteiger partial charge in [0.15, 0.2) is 0 Å². The summed E-state index contributed by atoms with van der Waals surface area (Å²) in [4.78, 5) is 26.5. The van der Waals surface area contributed by atoms with Crippen molar-refractivity contribution in [2.45, 2.75) is 19.3 Å². The van der Waals surface area contributed by atoms with Gasteiger partial charge in [-0.1, -0.05) is 6.92 Å². The van der Waals surface area contributed by atoms with Crippen molar-refractivity contribution >= 4 is 0 Å². The Hall–Kier alpha value is -1.36. The summed E-state index contributed by atoms with van der Waals surface area (Å²) in [5.74, 6) is 0.0509. The molecule has 0 saturated carbocycles. The first-order chi connectivity index (χ1) is 6.17. The van der Waals surface area contributed by atoms with Crippen molar-refractivity contribution in [3.8, 4) is 0 Å². The third kappa shape index (κ3) is 2.29. The van der Waals surface area contributed by atoms with Gasteiger partial charge in [-0.05, 0) is 6.42 Å². The van der Waals surface area contributed by atoms with Crippen molar-refractivity contribution in [1.29, 1.82) is 0 Å². The van der Waals surface area contributed by atoms with Crippen molar-refractivity contribution in [3.05, 3.63) is 32.6 Å². The van der Waals surface area contributed by atoms with E-state index in [1.54, 1.807) is 0 Å². The Kier molecular flexibility index (Phi) is 3.02. The number of H-pyrrole nitrogens is 2. The van der Waals surface area contributed by atoms with Gasteiger partial charge in [0.05, 0.1) is 0 Å². The van der Waals surface area contributed by atoms with Crippen LogP contribution in [0.25, 0.3) is 0 Å². The molecule has 0 aliphatic rings. The van der Waals surface area contributed by atoms with Gasteiger partial charge < -0.3 is 10.7 Å². The maximum Gasteiger partial charge on any atom is 0.325 e. The standard InChI is InChI=1S/C8H13N3O2/c1-2-5(4-9)6-3-7(12)11-8(13)10-6/h3,5H,2,4,9H2,1H3,(H2,10,11,12,13). The monoisotopic (exact) mass is 183 g/mol. The summed E-state index contributed by atoms with van der Waals surface area (Å²) < 4.78 is 0. The van der Waals surface area contributed by atoms with E-state index in [1.807, 2.05) is 6.92 Å². The Morgan fingerprint density at radius 1 is 1.46 bits per heavy atom. The molecule has 0 aliphatic carbocycles. The molecule has 1 aromatic rings. The van der Waals surface area contributed by atoms with Crippen LogP contribution in [0.15, 0.2) is 15.7 Å². The highest BCUT2D eigenvalue weighted by Crippen LogP contribution is 2.11. The van der Waals surface area contributed by atoms with E-state index in [0.717, 1.165) is 6.42 Å². The summed E-state index contributed by atoms with van der Waals surface area (Å²) in [6.07, 6.45) is 0.801. The van der Waals surface area contributed by atoms with Gasteiger partial charge in [0.25, 0.3) is 5.56 Å². The summed E-state index contributed by atoms with van der Waals surface area (Å²) in [7, 11) is 0. The SMILES string of the molecule is CCC(CN)c1cc(=O)[nH]c(=O)[nH]1. The molecule has 0 radical (unpaired) electrons. The van der Waals surface area contributed by atoms with Crippen LogP contribution in [0, 0.1) is 0 Å². The van der Waals surface area contributed by atoms with E-state index in [2.05, 4.69) is 9.97 Å². The molecule has 1 unspecified atom stereocenters. The van der Waals surface area contributed by atoms with Crippen molar-refractivity contribution in [2.24, 2.45) is 5.73 Å². The zero-order chi connectivity index (χ0) is 9.84. The number of nitrogens with two attached hydrogens (primary N) is 1. The normalized spacial score (nSPS) is 12.8. The minimum atomic E-state index is -0.477. The van der Waals surface area contributed by atoms with Crippen LogP contribution in [0.3, 0.4) is 0 Å². The van der Waals surface area contributed by atoms with Crippen LogP contribution < -0.4 is 17.0 Å². The van der Waals surface area contributed by atoms with Gasteiger partial charge in [-0.25, -0.2) is 4.79 Å². The Morgan fingerprint density at radius 2 is 2.15 bits per heavy atom. The second-order valence-corrected chi connectivity index (χ2v) is 2.88. The van der Waals surface area contributed by atoms with Gasteiger partial charge >= 0.3 is 5.69 Å². The molecule has 0 aliphatic heterocycles. The Balaban J connectivity index is 3.13. The van der Waals surface area contributed by atoms with Crippen molar-refractivity contribution < 1.29 is 0 Å². The van der Waals surface area contributed by atoms with Crippen LogP contribution in [0.5, 0.6) is 0 Å². The second kappa shape index (κ2) is 4.04. The van der Waals surface area contributed by atoms with Gasteiger partial charge in [-0.2, -0.15) is 0 Å². The van der Waals surface area contributed by atoms with Gasteiger partial charge in [-0.3, -0.25) is 9.78 Å². The molecule has 1 atom stereocenters. The Bertz CT molecular complexity index is 347. The molecule has 1 rings (SSSR count). The predicted octanol–water partition coefficient (Wildman–Crippen LogP) is -0.484. The lowest BCUT2D eigenvalue weighted by atomic mass is 10.0. The molecule has 13 heavy (non-hydrogen) atoms. The van der Waals surface area contributed by atoms with Crippen molar-refractivity contribution in [3.63, 3.8) is 0 Å². The molecule has 5 heteroatoms. The van der Waals surface area contributed by atoms with Gasteiger partial charge in [0.1, 0.15) is 0 Å². The number of nitrogens with one attached hydrogen (secondary N) is 2. The molecule has 5 nitrogen and oxygen atoms in total. The number of aromatic amines is 2. The van der Waals surface area contributed by atoms with Crippen LogP contribution in [0.4, 0.5) is 0 Å². The van der Waals surface area contributed by atoms with E-state index in [-0.39, 0.29) is 11.5 Å². The van der Waals surface area contributed by atoms with Gasteiger partial charge in [-0.15, -0.1) is 0 Å². The molecule has 72 valence electrons. The lowest BCUT2D eigenvalue weighted by Gasteiger charge is -2.10. The van der Waals surface area contributed by atoms with E-state index in [9.17, 15) is 9.59 Å². The first-order valence-electron chi connectivity index (χ1n) is 4.21. The van der Waals surface area contributed by atoms with Crippen LogP contribution in [0.1, 0.15) is 25.0 Å². The number of hydrogen-bond acceptors (Lipinski definition) is 3. The predicted molar refractivity (Wildman–Crippen MR) is 49.8 cm³/mol. The zero-order valence-electron chi connectivity index (χ0n) is 7.46. The topological polar surface area (TPSA) is 91.7 Å². The highest BCUT2D eigenvalue weighted by molar-refractivity contribution is 5.06. The molecule has 1 aromatic heterocycles. The minimum absolute atomic E-state index is 0.0509. The zero-order valence-corrected chi connectivity index (χ0v) is 7.46. The van der Waals surface area contributed by atoms with E-state index in [4.69, 9.17) is 5.73 Å². The van der Waals surface area contributed by atoms with E-state index >= 15 is 0 Å². The second-order valence-electron chi connectivity index (χ2n) is 2.88. The Morgan fingerprint density at radius 3 is 2.62 bits per heavy atom. The average Bonchev–Trinajstić information content (AvgIpc) is 2.04. The average molecular weight is 183 g/mol. The van der Waals surface area contributed by atoms with Crippen LogP contribution in [-0.4, -0.2) is 16.5 Å². The molecule has 1 heterocycles. The summed E-state index contributed by atoms with van der Waals surface area (Å²) in [5, 5.41) is 0.